The minimum atomic E-state index is -1.04. The third-order valence-corrected chi connectivity index (χ3v) is 3.36. The van der Waals surface area contributed by atoms with Crippen LogP contribution in [-0.4, -0.2) is 39.5 Å². The van der Waals surface area contributed by atoms with Crippen molar-refractivity contribution < 1.29 is 19.2 Å². The molecule has 0 unspecified atom stereocenters. The fourth-order valence-electron chi connectivity index (χ4n) is 2.40. The molecule has 0 bridgehead atoms. The second kappa shape index (κ2) is 5.16. The predicted molar refractivity (Wildman–Crippen MR) is 68.8 cm³/mol. The summed E-state index contributed by atoms with van der Waals surface area (Å²) in [6, 6.07) is 3.05. The molecule has 0 saturated carbocycles. The van der Waals surface area contributed by atoms with Gasteiger partial charge in [-0.05, 0) is 18.6 Å². The van der Waals surface area contributed by atoms with E-state index in [9.17, 15) is 24.4 Å². The maximum Gasteiger partial charge on any atom is 0.304 e. The Morgan fingerprint density at radius 3 is 2.70 bits per heavy atom. The minimum absolute atomic E-state index is 0.0478. The van der Waals surface area contributed by atoms with Gasteiger partial charge >= 0.3 is 5.69 Å². The summed E-state index contributed by atoms with van der Waals surface area (Å²) in [6.45, 7) is 2.35. The van der Waals surface area contributed by atoms with Crippen LogP contribution in [0.4, 0.5) is 10.1 Å². The number of likely N-dealkylation sites (tertiary alicyclic amines) is 1. The topological polar surface area (TPSA) is 83.7 Å². The summed E-state index contributed by atoms with van der Waals surface area (Å²) in [5.41, 5.74) is -1.47. The van der Waals surface area contributed by atoms with Gasteiger partial charge in [0, 0.05) is 11.6 Å². The molecule has 1 fully saturated rings. The zero-order valence-electron chi connectivity index (χ0n) is 11.0. The van der Waals surface area contributed by atoms with Crippen LogP contribution in [0.25, 0.3) is 0 Å². The number of β-amino-alcohol motifs (C(OH)–C–C–N with tert-alkyl or cyclic N) is 1. The van der Waals surface area contributed by atoms with Crippen molar-refractivity contribution >= 4 is 11.6 Å². The normalized spacial score (nSPS) is 16.6. The molecular formula is C13H15FN2O4. The lowest BCUT2D eigenvalue weighted by Crippen LogP contribution is -2.63. The number of amides is 1. The Morgan fingerprint density at radius 1 is 1.55 bits per heavy atom. The Hall–Kier alpha value is -2.02. The van der Waals surface area contributed by atoms with Gasteiger partial charge in [0.25, 0.3) is 5.91 Å². The molecule has 1 aliphatic rings. The second-order valence-electron chi connectivity index (χ2n) is 5.06. The van der Waals surface area contributed by atoms with Crippen molar-refractivity contribution in [3.8, 4) is 0 Å². The first-order valence-corrected chi connectivity index (χ1v) is 6.32. The van der Waals surface area contributed by atoms with Gasteiger partial charge in [0.2, 0.25) is 5.82 Å². The van der Waals surface area contributed by atoms with Gasteiger partial charge in [-0.15, -0.1) is 0 Å². The standard InChI is InChI=1S/C13H15FN2O4/c1-2-5-13(18)7-15(8-13)12(17)9-3-4-11(16(19)20)10(14)6-9/h3-4,6,18H,2,5,7-8H2,1H3. The second-order valence-corrected chi connectivity index (χ2v) is 5.06. The van der Waals surface area contributed by atoms with Crippen LogP contribution in [0.3, 0.4) is 0 Å². The van der Waals surface area contributed by atoms with Crippen LogP contribution in [0.2, 0.25) is 0 Å². The number of nitro groups is 1. The lowest BCUT2D eigenvalue weighted by atomic mass is 9.89. The number of carbonyl (C=O) groups is 1. The highest BCUT2D eigenvalue weighted by molar-refractivity contribution is 5.95. The van der Waals surface area contributed by atoms with Crippen molar-refractivity contribution in [3.63, 3.8) is 0 Å². The monoisotopic (exact) mass is 282 g/mol. The number of hydrogen-bond donors (Lipinski definition) is 1. The van der Waals surface area contributed by atoms with Gasteiger partial charge in [-0.2, -0.15) is 4.39 Å². The lowest BCUT2D eigenvalue weighted by molar-refractivity contribution is -0.387. The van der Waals surface area contributed by atoms with Crippen molar-refractivity contribution in [1.29, 1.82) is 0 Å². The van der Waals surface area contributed by atoms with E-state index >= 15 is 0 Å². The van der Waals surface area contributed by atoms with Crippen molar-refractivity contribution in [2.45, 2.75) is 25.4 Å². The predicted octanol–water partition coefficient (Wildman–Crippen LogP) is 1.72. The van der Waals surface area contributed by atoms with Crippen molar-refractivity contribution in [3.05, 3.63) is 39.7 Å². The highest BCUT2D eigenvalue weighted by Gasteiger charge is 2.43. The van der Waals surface area contributed by atoms with Gasteiger partial charge in [0.1, 0.15) is 0 Å². The number of nitrogens with zero attached hydrogens (tertiary/aromatic N) is 2. The summed E-state index contributed by atoms with van der Waals surface area (Å²) in [7, 11) is 0. The first kappa shape index (κ1) is 14.4. The molecule has 0 radical (unpaired) electrons. The van der Waals surface area contributed by atoms with Crippen LogP contribution in [0.5, 0.6) is 0 Å². The summed E-state index contributed by atoms with van der Waals surface area (Å²) >= 11 is 0. The van der Waals surface area contributed by atoms with Crippen LogP contribution in [0, 0.1) is 15.9 Å². The van der Waals surface area contributed by atoms with Gasteiger partial charge in [0.05, 0.1) is 23.6 Å². The quantitative estimate of drug-likeness (QED) is 0.673. The Bertz CT molecular complexity index is 555. The van der Waals surface area contributed by atoms with E-state index in [0.29, 0.717) is 6.42 Å². The molecule has 6 nitrogen and oxygen atoms in total. The molecule has 1 aromatic rings. The maximum absolute atomic E-state index is 13.5. The molecule has 1 N–H and O–H groups in total. The molecule has 0 aromatic heterocycles. The molecular weight excluding hydrogens is 267 g/mol. The number of halogens is 1. The summed E-state index contributed by atoms with van der Waals surface area (Å²) in [6.07, 6.45) is 1.41. The van der Waals surface area contributed by atoms with Gasteiger partial charge in [0.15, 0.2) is 0 Å². The minimum Gasteiger partial charge on any atom is -0.386 e. The number of aliphatic hydroxyl groups is 1. The molecule has 108 valence electrons. The smallest absolute Gasteiger partial charge is 0.304 e. The van der Waals surface area contributed by atoms with E-state index in [1.165, 1.54) is 11.0 Å². The first-order valence-electron chi connectivity index (χ1n) is 6.32. The Morgan fingerprint density at radius 2 is 2.20 bits per heavy atom. The van der Waals surface area contributed by atoms with Gasteiger partial charge in [-0.3, -0.25) is 14.9 Å². The molecule has 2 rings (SSSR count). The fraction of sp³-hybridized carbons (Fsp3) is 0.462. The Labute approximate surface area is 115 Å². The molecule has 1 saturated heterocycles. The average Bonchev–Trinajstić information content (AvgIpc) is 2.34. The van der Waals surface area contributed by atoms with E-state index in [-0.39, 0.29) is 18.7 Å². The molecule has 1 heterocycles. The SMILES string of the molecule is CCCC1(O)CN(C(=O)c2ccc([N+](=O)[O-])c(F)c2)C1. The highest BCUT2D eigenvalue weighted by Crippen LogP contribution is 2.28. The molecule has 1 aliphatic heterocycles. The zero-order valence-corrected chi connectivity index (χ0v) is 11.0. The number of hydrogen-bond acceptors (Lipinski definition) is 4. The molecule has 20 heavy (non-hydrogen) atoms. The van der Waals surface area contributed by atoms with E-state index in [1.54, 1.807) is 0 Å². The van der Waals surface area contributed by atoms with Crippen LogP contribution < -0.4 is 0 Å². The van der Waals surface area contributed by atoms with Gasteiger partial charge < -0.3 is 10.0 Å². The zero-order chi connectivity index (χ0) is 14.9. The van der Waals surface area contributed by atoms with Crippen LogP contribution >= 0.6 is 0 Å². The van der Waals surface area contributed by atoms with Crippen molar-refractivity contribution in [2.24, 2.45) is 0 Å². The molecule has 0 spiro atoms. The van der Waals surface area contributed by atoms with E-state index in [4.69, 9.17) is 0 Å². The fourth-order valence-corrected chi connectivity index (χ4v) is 2.40. The van der Waals surface area contributed by atoms with E-state index < -0.39 is 27.9 Å². The van der Waals surface area contributed by atoms with Crippen LogP contribution in [0.1, 0.15) is 30.1 Å². The number of rotatable bonds is 4. The summed E-state index contributed by atoms with van der Waals surface area (Å²) in [4.78, 5) is 23.1. The molecule has 7 heteroatoms. The summed E-state index contributed by atoms with van der Waals surface area (Å²) < 4.78 is 13.5. The Kier molecular flexibility index (Phi) is 3.71. The maximum atomic E-state index is 13.5. The highest BCUT2D eigenvalue weighted by atomic mass is 19.1. The summed E-state index contributed by atoms with van der Waals surface area (Å²) in [5, 5.41) is 20.5. The first-order chi connectivity index (χ1) is 9.36. The van der Waals surface area contributed by atoms with Crippen LogP contribution in [-0.2, 0) is 0 Å². The molecule has 0 atom stereocenters. The van der Waals surface area contributed by atoms with E-state index in [1.807, 2.05) is 6.92 Å². The van der Waals surface area contributed by atoms with Gasteiger partial charge in [-0.25, -0.2) is 0 Å². The van der Waals surface area contributed by atoms with E-state index in [0.717, 1.165) is 18.6 Å². The number of nitro benzene ring substituents is 1. The number of carbonyl (C=O) groups excluding carboxylic acids is 1. The van der Waals surface area contributed by atoms with Crippen molar-refractivity contribution in [1.82, 2.24) is 4.90 Å². The third-order valence-electron chi connectivity index (χ3n) is 3.36. The number of benzene rings is 1. The third kappa shape index (κ3) is 2.62. The van der Waals surface area contributed by atoms with Gasteiger partial charge in [-0.1, -0.05) is 13.3 Å². The molecule has 1 amide bonds. The largest absolute Gasteiger partial charge is 0.386 e. The van der Waals surface area contributed by atoms with Crippen molar-refractivity contribution in [2.75, 3.05) is 13.1 Å². The van der Waals surface area contributed by atoms with E-state index in [2.05, 4.69) is 0 Å². The summed E-state index contributed by atoms with van der Waals surface area (Å²) in [5.74, 6) is -1.47. The lowest BCUT2D eigenvalue weighted by Gasteiger charge is -2.46. The molecule has 0 aliphatic carbocycles. The van der Waals surface area contributed by atoms with Crippen LogP contribution in [0.15, 0.2) is 18.2 Å². The Balaban J connectivity index is 2.08. The average molecular weight is 282 g/mol. The molecule has 1 aromatic carbocycles.